The molecule has 0 fully saturated rings. The molecule has 0 bridgehead atoms. The van der Waals surface area contributed by atoms with E-state index in [0.29, 0.717) is 29.7 Å². The number of phenols is 2. The van der Waals surface area contributed by atoms with Crippen LogP contribution in [-0.4, -0.2) is 30.4 Å². The van der Waals surface area contributed by atoms with E-state index in [2.05, 4.69) is 13.8 Å². The standard InChI is InChI=1S/C25H32O7/c1-5-7-9-10-16-12-17(26)13-20(27)23(16)31-21-15-18(29-3)14-19-22(21)24(28)32-25(19,30-4)11-8-6-2/h12-15,26-27H,5-11H2,1-4H3/t25-/m1/s1. The van der Waals surface area contributed by atoms with E-state index >= 15 is 0 Å². The fraction of sp³-hybridized carbons (Fsp3) is 0.480. The lowest BCUT2D eigenvalue weighted by Crippen LogP contribution is -2.28. The zero-order valence-electron chi connectivity index (χ0n) is 19.2. The van der Waals surface area contributed by atoms with E-state index in [9.17, 15) is 15.0 Å². The Balaban J connectivity index is 2.09. The second-order valence-electron chi connectivity index (χ2n) is 8.01. The van der Waals surface area contributed by atoms with Crippen LogP contribution >= 0.6 is 0 Å². The summed E-state index contributed by atoms with van der Waals surface area (Å²) >= 11 is 0. The Morgan fingerprint density at radius 3 is 2.41 bits per heavy atom. The monoisotopic (exact) mass is 444 g/mol. The maximum atomic E-state index is 12.9. The Hall–Kier alpha value is -2.93. The van der Waals surface area contributed by atoms with Crippen LogP contribution in [0.25, 0.3) is 0 Å². The molecule has 7 nitrogen and oxygen atoms in total. The van der Waals surface area contributed by atoms with Gasteiger partial charge in [0.05, 0.1) is 7.11 Å². The van der Waals surface area contributed by atoms with Crippen LogP contribution in [0.2, 0.25) is 0 Å². The summed E-state index contributed by atoms with van der Waals surface area (Å²) in [5.74, 6) is -1.14. The number of fused-ring (bicyclic) bond motifs is 1. The summed E-state index contributed by atoms with van der Waals surface area (Å²) in [6.45, 7) is 4.15. The van der Waals surface area contributed by atoms with Crippen molar-refractivity contribution in [2.45, 2.75) is 64.6 Å². The second kappa shape index (κ2) is 10.1. The van der Waals surface area contributed by atoms with E-state index in [0.717, 1.165) is 32.1 Å². The molecule has 0 amide bonds. The fourth-order valence-electron chi connectivity index (χ4n) is 4.04. The number of aryl methyl sites for hydroxylation is 1. The number of aromatic hydroxyl groups is 2. The molecule has 32 heavy (non-hydrogen) atoms. The Morgan fingerprint density at radius 2 is 1.75 bits per heavy atom. The molecule has 0 saturated heterocycles. The highest BCUT2D eigenvalue weighted by molar-refractivity contribution is 5.98. The van der Waals surface area contributed by atoms with E-state index < -0.39 is 11.8 Å². The van der Waals surface area contributed by atoms with E-state index in [1.165, 1.54) is 20.3 Å². The first-order valence-electron chi connectivity index (χ1n) is 11.1. The third-order valence-corrected chi connectivity index (χ3v) is 5.77. The molecule has 7 heteroatoms. The zero-order chi connectivity index (χ0) is 23.3. The number of cyclic esters (lactones) is 1. The van der Waals surface area contributed by atoms with Crippen molar-refractivity contribution in [1.82, 2.24) is 0 Å². The molecule has 0 saturated carbocycles. The number of benzene rings is 2. The summed E-state index contributed by atoms with van der Waals surface area (Å²) in [6, 6.07) is 6.11. The van der Waals surface area contributed by atoms with Crippen molar-refractivity contribution in [3.63, 3.8) is 0 Å². The topological polar surface area (TPSA) is 94.5 Å². The molecule has 1 heterocycles. The minimum absolute atomic E-state index is 0.0467. The predicted octanol–water partition coefficient (Wildman–Crippen LogP) is 5.79. The van der Waals surface area contributed by atoms with Gasteiger partial charge < -0.3 is 29.2 Å². The summed E-state index contributed by atoms with van der Waals surface area (Å²) in [6.07, 6.45) is 5.73. The number of ether oxygens (including phenoxy) is 4. The molecule has 174 valence electrons. The van der Waals surface area contributed by atoms with Crippen molar-refractivity contribution in [3.05, 3.63) is 41.0 Å². The Morgan fingerprint density at radius 1 is 1.00 bits per heavy atom. The third-order valence-electron chi connectivity index (χ3n) is 5.77. The van der Waals surface area contributed by atoms with Crippen LogP contribution in [0.5, 0.6) is 28.7 Å². The molecule has 2 aromatic carbocycles. The number of carbonyl (C=O) groups excluding carboxylic acids is 1. The highest BCUT2D eigenvalue weighted by Crippen LogP contribution is 2.48. The average molecular weight is 445 g/mol. The van der Waals surface area contributed by atoms with Crippen LogP contribution in [0, 0.1) is 0 Å². The van der Waals surface area contributed by atoms with E-state index in [1.807, 2.05) is 0 Å². The van der Waals surface area contributed by atoms with Crippen molar-refractivity contribution in [2.75, 3.05) is 14.2 Å². The van der Waals surface area contributed by atoms with Gasteiger partial charge in [-0.1, -0.05) is 33.1 Å². The highest BCUT2D eigenvalue weighted by atomic mass is 16.7. The Kier molecular flexibility index (Phi) is 7.51. The van der Waals surface area contributed by atoms with Gasteiger partial charge >= 0.3 is 5.97 Å². The van der Waals surface area contributed by atoms with Crippen LogP contribution in [0.1, 0.15) is 73.9 Å². The second-order valence-corrected chi connectivity index (χ2v) is 8.01. The first-order chi connectivity index (χ1) is 15.4. The zero-order valence-corrected chi connectivity index (χ0v) is 19.2. The summed E-state index contributed by atoms with van der Waals surface area (Å²) in [7, 11) is 3.04. The largest absolute Gasteiger partial charge is 0.508 e. The van der Waals surface area contributed by atoms with Gasteiger partial charge in [-0.2, -0.15) is 0 Å². The molecule has 1 atom stereocenters. The normalized spacial score (nSPS) is 17.2. The van der Waals surface area contributed by atoms with Crippen molar-refractivity contribution < 1.29 is 34.0 Å². The van der Waals surface area contributed by atoms with Gasteiger partial charge in [-0.15, -0.1) is 0 Å². The lowest BCUT2D eigenvalue weighted by molar-refractivity contribution is -0.191. The minimum atomic E-state index is -1.21. The van der Waals surface area contributed by atoms with Gasteiger partial charge in [0, 0.05) is 36.8 Å². The van der Waals surface area contributed by atoms with Gasteiger partial charge in [0.25, 0.3) is 0 Å². The van der Waals surface area contributed by atoms with Gasteiger partial charge in [-0.3, -0.25) is 0 Å². The number of rotatable bonds is 11. The first kappa shape index (κ1) is 23.7. The van der Waals surface area contributed by atoms with Crippen molar-refractivity contribution in [3.8, 4) is 28.7 Å². The molecule has 2 aromatic rings. The molecular formula is C25H32O7. The van der Waals surface area contributed by atoms with Gasteiger partial charge in [0.15, 0.2) is 11.5 Å². The Bertz CT molecular complexity index is 969. The smallest absolute Gasteiger partial charge is 0.345 e. The number of phenolic OH excluding ortho intramolecular Hbond substituents is 2. The number of hydrogen-bond acceptors (Lipinski definition) is 7. The van der Waals surface area contributed by atoms with E-state index in [1.54, 1.807) is 18.2 Å². The number of unbranched alkanes of at least 4 members (excludes halogenated alkanes) is 3. The number of esters is 1. The number of hydrogen-bond donors (Lipinski definition) is 2. The lowest BCUT2D eigenvalue weighted by atomic mass is 9.96. The van der Waals surface area contributed by atoms with Crippen molar-refractivity contribution in [2.24, 2.45) is 0 Å². The average Bonchev–Trinajstić information content (AvgIpc) is 3.06. The van der Waals surface area contributed by atoms with Crippen LogP contribution in [0.4, 0.5) is 0 Å². The van der Waals surface area contributed by atoms with Gasteiger partial charge in [-0.25, -0.2) is 4.79 Å². The molecular weight excluding hydrogens is 412 g/mol. The minimum Gasteiger partial charge on any atom is -0.508 e. The number of carbonyl (C=O) groups is 1. The van der Waals surface area contributed by atoms with E-state index in [4.69, 9.17) is 18.9 Å². The summed E-state index contributed by atoms with van der Waals surface area (Å²) in [4.78, 5) is 12.9. The first-order valence-corrected chi connectivity index (χ1v) is 11.1. The molecule has 0 spiro atoms. The quantitative estimate of drug-likeness (QED) is 0.334. The predicted molar refractivity (Wildman–Crippen MR) is 120 cm³/mol. The van der Waals surface area contributed by atoms with E-state index in [-0.39, 0.29) is 28.6 Å². The maximum Gasteiger partial charge on any atom is 0.345 e. The Labute approximate surface area is 188 Å². The molecule has 0 aliphatic carbocycles. The van der Waals surface area contributed by atoms with Crippen LogP contribution in [0.15, 0.2) is 24.3 Å². The van der Waals surface area contributed by atoms with Crippen molar-refractivity contribution >= 4 is 5.97 Å². The molecule has 0 aromatic heterocycles. The lowest BCUT2D eigenvalue weighted by Gasteiger charge is -2.27. The highest BCUT2D eigenvalue weighted by Gasteiger charge is 2.48. The van der Waals surface area contributed by atoms with Gasteiger partial charge in [0.1, 0.15) is 22.8 Å². The summed E-state index contributed by atoms with van der Waals surface area (Å²) in [5, 5.41) is 20.5. The third kappa shape index (κ3) is 4.63. The summed E-state index contributed by atoms with van der Waals surface area (Å²) in [5.41, 5.74) is 1.44. The van der Waals surface area contributed by atoms with Crippen LogP contribution in [-0.2, 0) is 21.7 Å². The molecule has 1 aliphatic heterocycles. The molecule has 0 radical (unpaired) electrons. The van der Waals surface area contributed by atoms with Gasteiger partial charge in [0.2, 0.25) is 5.79 Å². The number of methoxy groups -OCH3 is 2. The molecule has 2 N–H and O–H groups in total. The maximum absolute atomic E-state index is 12.9. The van der Waals surface area contributed by atoms with Crippen LogP contribution in [0.3, 0.4) is 0 Å². The molecule has 3 rings (SSSR count). The molecule has 1 aliphatic rings. The summed E-state index contributed by atoms with van der Waals surface area (Å²) < 4.78 is 23.0. The van der Waals surface area contributed by atoms with Crippen molar-refractivity contribution in [1.29, 1.82) is 0 Å². The SMILES string of the molecule is CCCCCc1cc(O)cc(O)c1Oc1cc(OC)cc2c1C(=O)O[C@@]2(CCCC)OC. The fourth-order valence-corrected chi connectivity index (χ4v) is 4.04. The molecule has 0 unspecified atom stereocenters. The van der Waals surface area contributed by atoms with Gasteiger partial charge in [-0.05, 0) is 31.4 Å². The van der Waals surface area contributed by atoms with Crippen LogP contribution < -0.4 is 9.47 Å².